The lowest BCUT2D eigenvalue weighted by Gasteiger charge is -2.36. The molecule has 1 aliphatic rings. The van der Waals surface area contributed by atoms with Crippen molar-refractivity contribution >= 4 is 27.1 Å². The third-order valence-electron chi connectivity index (χ3n) is 5.75. The van der Waals surface area contributed by atoms with E-state index in [0.29, 0.717) is 53.9 Å². The van der Waals surface area contributed by atoms with Crippen LogP contribution in [-0.2, 0) is 16.4 Å². The van der Waals surface area contributed by atoms with Crippen molar-refractivity contribution in [2.75, 3.05) is 24.7 Å². The number of benzene rings is 1. The number of aromatic nitrogens is 4. The zero-order valence-corrected chi connectivity index (χ0v) is 18.9. The van der Waals surface area contributed by atoms with Gasteiger partial charge in [-0.15, -0.1) is 0 Å². The van der Waals surface area contributed by atoms with Crippen molar-refractivity contribution < 1.29 is 17.7 Å². The van der Waals surface area contributed by atoms with E-state index >= 15 is 0 Å². The van der Waals surface area contributed by atoms with E-state index in [1.165, 1.54) is 6.26 Å². The minimum atomic E-state index is -3.02. The maximum Gasteiger partial charge on any atom is 0.274 e. The summed E-state index contributed by atoms with van der Waals surface area (Å²) in [6, 6.07) is 11.1. The molecule has 4 heterocycles. The van der Waals surface area contributed by atoms with Gasteiger partial charge in [-0.25, -0.2) is 13.4 Å². The van der Waals surface area contributed by atoms with Crippen molar-refractivity contribution in [1.82, 2.24) is 24.4 Å². The molecule has 5 rings (SSSR count). The number of rotatable bonds is 6. The molecule has 1 fully saturated rings. The van der Waals surface area contributed by atoms with Gasteiger partial charge in [-0.05, 0) is 30.7 Å². The first-order valence-corrected chi connectivity index (χ1v) is 12.3. The number of nitrogens with zero attached hydrogens (tertiary/aromatic N) is 5. The van der Waals surface area contributed by atoms with E-state index in [1.807, 2.05) is 42.2 Å². The fourth-order valence-corrected chi connectivity index (χ4v) is 4.70. The van der Waals surface area contributed by atoms with Gasteiger partial charge in [-0.1, -0.05) is 23.4 Å². The van der Waals surface area contributed by atoms with Crippen molar-refractivity contribution in [3.05, 3.63) is 65.9 Å². The Hall–Kier alpha value is -3.57. The first-order chi connectivity index (χ1) is 15.8. The lowest BCUT2D eigenvalue weighted by molar-refractivity contribution is 0.102. The van der Waals surface area contributed by atoms with Crippen molar-refractivity contribution in [3.63, 3.8) is 0 Å². The predicted molar refractivity (Wildman–Crippen MR) is 122 cm³/mol. The number of aryl methyl sites for hydroxylation is 1. The summed E-state index contributed by atoms with van der Waals surface area (Å²) < 4.78 is 30.2. The van der Waals surface area contributed by atoms with Crippen LogP contribution in [-0.4, -0.2) is 63.3 Å². The number of amides is 1. The highest BCUT2D eigenvalue weighted by molar-refractivity contribution is 7.91. The maximum atomic E-state index is 12.9. The number of pyridine rings is 1. The van der Waals surface area contributed by atoms with Crippen LogP contribution in [0.5, 0.6) is 0 Å². The quantitative estimate of drug-likeness (QED) is 0.459. The van der Waals surface area contributed by atoms with E-state index in [2.05, 4.69) is 20.4 Å². The number of likely N-dealkylation sites (tertiary alicyclic amines) is 1. The monoisotopic (exact) mass is 466 g/mol. The minimum absolute atomic E-state index is 0.277. The van der Waals surface area contributed by atoms with Crippen LogP contribution in [0.25, 0.3) is 17.0 Å². The summed E-state index contributed by atoms with van der Waals surface area (Å²) in [5, 5.41) is 6.65. The Morgan fingerprint density at radius 2 is 2.06 bits per heavy atom. The third-order valence-corrected chi connectivity index (χ3v) is 7.26. The van der Waals surface area contributed by atoms with Crippen molar-refractivity contribution in [2.24, 2.45) is 0 Å². The van der Waals surface area contributed by atoms with Crippen LogP contribution in [0.4, 0.5) is 5.69 Å². The Kier molecular flexibility index (Phi) is 5.22. The average molecular weight is 467 g/mol. The Labute approximate surface area is 190 Å². The molecular formula is C22H22N6O4S. The normalized spacial score (nSPS) is 15.0. The van der Waals surface area contributed by atoms with Crippen molar-refractivity contribution in [1.29, 1.82) is 0 Å². The molecule has 0 unspecified atom stereocenters. The number of hydrogen-bond donors (Lipinski definition) is 1. The molecule has 0 radical (unpaired) electrons. The summed E-state index contributed by atoms with van der Waals surface area (Å²) in [5.74, 6) is 0.533. The topological polar surface area (TPSA) is 123 Å². The molecule has 1 saturated heterocycles. The molecule has 10 nitrogen and oxygen atoms in total. The van der Waals surface area contributed by atoms with Gasteiger partial charge in [0.15, 0.2) is 9.84 Å². The average Bonchev–Trinajstić information content (AvgIpc) is 3.38. The lowest BCUT2D eigenvalue weighted by Crippen LogP contribution is -2.53. The van der Waals surface area contributed by atoms with Crippen molar-refractivity contribution in [3.8, 4) is 11.4 Å². The summed E-state index contributed by atoms with van der Waals surface area (Å²) >= 11 is 0. The zero-order chi connectivity index (χ0) is 23.2. The molecule has 0 bridgehead atoms. The first kappa shape index (κ1) is 21.3. The molecule has 1 aromatic carbocycles. The first-order valence-electron chi connectivity index (χ1n) is 10.4. The molecule has 170 valence electrons. The van der Waals surface area contributed by atoms with Gasteiger partial charge >= 0.3 is 0 Å². The molecule has 11 heteroatoms. The second-order valence-electron chi connectivity index (χ2n) is 8.21. The number of fused-ring (bicyclic) bond motifs is 1. The molecule has 1 N–H and O–H groups in total. The summed E-state index contributed by atoms with van der Waals surface area (Å²) in [6.45, 7) is 3.21. The molecule has 0 saturated carbocycles. The molecule has 3 aromatic heterocycles. The largest absolute Gasteiger partial charge is 0.338 e. The third kappa shape index (κ3) is 4.24. The summed E-state index contributed by atoms with van der Waals surface area (Å²) in [5.41, 5.74) is 3.34. The smallest absolute Gasteiger partial charge is 0.274 e. The van der Waals surface area contributed by atoms with Gasteiger partial charge in [0.1, 0.15) is 11.3 Å². The lowest BCUT2D eigenvalue weighted by atomic mass is 10.1. The van der Waals surface area contributed by atoms with Gasteiger partial charge in [0.05, 0.1) is 18.0 Å². The van der Waals surface area contributed by atoms with E-state index in [4.69, 9.17) is 4.52 Å². The highest BCUT2D eigenvalue weighted by Gasteiger charge is 2.35. The minimum Gasteiger partial charge on any atom is -0.338 e. The standard InChI is InChI=1S/C22H22N6O4S/c1-14-6-7-15(21-25-20(32-26-21)13-27-11-16(12-27)33(2,30)31)9-17(14)24-22(29)18-10-23-19-5-3-4-8-28(18)19/h3-10,16H,11-13H2,1-2H3,(H,24,29). The van der Waals surface area contributed by atoms with E-state index in [0.717, 1.165) is 5.56 Å². The molecular weight excluding hydrogens is 444 g/mol. The number of carbonyl (C=O) groups is 1. The summed E-state index contributed by atoms with van der Waals surface area (Å²) in [6.07, 6.45) is 4.58. The van der Waals surface area contributed by atoms with E-state index < -0.39 is 9.84 Å². The summed E-state index contributed by atoms with van der Waals surface area (Å²) in [7, 11) is -3.02. The molecule has 0 aliphatic carbocycles. The fraction of sp³-hybridized carbons (Fsp3) is 0.273. The number of hydrogen-bond acceptors (Lipinski definition) is 8. The Morgan fingerprint density at radius 3 is 2.85 bits per heavy atom. The molecule has 0 spiro atoms. The predicted octanol–water partition coefficient (Wildman–Crippen LogP) is 2.17. The van der Waals surface area contributed by atoms with Crippen LogP contribution < -0.4 is 5.32 Å². The van der Waals surface area contributed by atoms with Crippen LogP contribution in [0, 0.1) is 6.92 Å². The van der Waals surface area contributed by atoms with Crippen LogP contribution in [0.2, 0.25) is 0 Å². The van der Waals surface area contributed by atoms with Gasteiger partial charge < -0.3 is 9.84 Å². The van der Waals surface area contributed by atoms with Gasteiger partial charge in [0.25, 0.3) is 5.91 Å². The Morgan fingerprint density at radius 1 is 1.24 bits per heavy atom. The van der Waals surface area contributed by atoms with E-state index in [-0.39, 0.29) is 11.2 Å². The van der Waals surface area contributed by atoms with E-state index in [1.54, 1.807) is 22.9 Å². The molecule has 0 atom stereocenters. The summed E-state index contributed by atoms with van der Waals surface area (Å²) in [4.78, 5) is 23.5. The second kappa shape index (κ2) is 8.09. The second-order valence-corrected chi connectivity index (χ2v) is 10.5. The van der Waals surface area contributed by atoms with Gasteiger partial charge in [-0.3, -0.25) is 14.1 Å². The fourth-order valence-electron chi connectivity index (χ4n) is 3.73. The number of nitrogens with one attached hydrogen (secondary N) is 1. The zero-order valence-electron chi connectivity index (χ0n) is 18.1. The van der Waals surface area contributed by atoms with Gasteiger partial charge in [0, 0.05) is 36.8 Å². The molecule has 1 amide bonds. The molecule has 4 aromatic rings. The van der Waals surface area contributed by atoms with Gasteiger partial charge in [0.2, 0.25) is 11.7 Å². The Balaban J connectivity index is 1.31. The number of anilines is 1. The molecule has 33 heavy (non-hydrogen) atoms. The molecule has 1 aliphatic heterocycles. The number of sulfone groups is 1. The van der Waals surface area contributed by atoms with E-state index in [9.17, 15) is 13.2 Å². The highest BCUT2D eigenvalue weighted by atomic mass is 32.2. The van der Waals surface area contributed by atoms with Gasteiger partial charge in [-0.2, -0.15) is 4.98 Å². The number of carbonyl (C=O) groups excluding carboxylic acids is 1. The van der Waals surface area contributed by atoms with Crippen molar-refractivity contribution in [2.45, 2.75) is 18.7 Å². The van der Waals surface area contributed by atoms with Crippen LogP contribution in [0.3, 0.4) is 0 Å². The SMILES string of the molecule is Cc1ccc(-c2noc(CN3CC(S(C)(=O)=O)C3)n2)cc1NC(=O)c1cnc2ccccn12. The van der Waals surface area contributed by atoms with Crippen LogP contribution >= 0.6 is 0 Å². The van der Waals surface area contributed by atoms with Crippen LogP contribution in [0.15, 0.2) is 53.3 Å². The highest BCUT2D eigenvalue weighted by Crippen LogP contribution is 2.25. The Bertz CT molecular complexity index is 1450. The van der Waals surface area contributed by atoms with Crippen LogP contribution in [0.1, 0.15) is 21.9 Å². The maximum absolute atomic E-state index is 12.9. The number of imidazole rings is 1.